The van der Waals surface area contributed by atoms with Crippen molar-refractivity contribution in [1.82, 2.24) is 10.6 Å². The van der Waals surface area contributed by atoms with Crippen molar-refractivity contribution in [2.45, 2.75) is 13.8 Å². The Bertz CT molecular complexity index is 1500. The van der Waals surface area contributed by atoms with E-state index in [9.17, 15) is 19.2 Å². The lowest BCUT2D eigenvalue weighted by Crippen LogP contribution is -2.29. The van der Waals surface area contributed by atoms with Gasteiger partial charge < -0.3 is 21.3 Å². The number of rotatable bonds is 8. The van der Waals surface area contributed by atoms with Crippen LogP contribution in [-0.2, 0) is 19.2 Å². The molecule has 4 amide bonds. The van der Waals surface area contributed by atoms with E-state index in [1.807, 2.05) is 72.8 Å². The molecule has 200 valence electrons. The van der Waals surface area contributed by atoms with Gasteiger partial charge in [0.2, 0.25) is 11.8 Å². The van der Waals surface area contributed by atoms with E-state index >= 15 is 0 Å². The molecule has 0 fully saturated rings. The Morgan fingerprint density at radius 2 is 0.875 bits per heavy atom. The highest BCUT2D eigenvalue weighted by molar-refractivity contribution is 6.16. The summed E-state index contributed by atoms with van der Waals surface area (Å²) < 4.78 is 0. The first-order chi connectivity index (χ1) is 19.3. The maximum Gasteiger partial charge on any atom is 0.272 e. The number of benzene rings is 4. The average molecular weight is 533 g/mol. The molecule has 0 aliphatic rings. The van der Waals surface area contributed by atoms with Gasteiger partial charge in [-0.3, -0.25) is 19.2 Å². The van der Waals surface area contributed by atoms with Crippen molar-refractivity contribution in [3.05, 3.63) is 120 Å². The first-order valence-electron chi connectivity index (χ1n) is 12.5. The fourth-order valence-corrected chi connectivity index (χ4v) is 4.04. The van der Waals surface area contributed by atoms with Crippen molar-refractivity contribution in [3.63, 3.8) is 0 Å². The molecule has 4 aromatic carbocycles. The van der Waals surface area contributed by atoms with Gasteiger partial charge in [-0.05, 0) is 35.4 Å². The van der Waals surface area contributed by atoms with Gasteiger partial charge in [0, 0.05) is 36.0 Å². The molecule has 0 aromatic heterocycles. The van der Waals surface area contributed by atoms with E-state index in [2.05, 4.69) is 21.3 Å². The highest BCUT2D eigenvalue weighted by Crippen LogP contribution is 2.30. The summed E-state index contributed by atoms with van der Waals surface area (Å²) in [5.41, 5.74) is 2.66. The van der Waals surface area contributed by atoms with Crippen molar-refractivity contribution in [1.29, 1.82) is 0 Å². The van der Waals surface area contributed by atoms with Crippen LogP contribution in [0.5, 0.6) is 0 Å². The number of amides is 4. The van der Waals surface area contributed by atoms with E-state index in [4.69, 9.17) is 0 Å². The van der Waals surface area contributed by atoms with Gasteiger partial charge in [0.15, 0.2) is 0 Å². The Balaban J connectivity index is 1.63. The van der Waals surface area contributed by atoms with Crippen molar-refractivity contribution >= 4 is 57.9 Å². The van der Waals surface area contributed by atoms with Gasteiger partial charge in [0.25, 0.3) is 11.8 Å². The van der Waals surface area contributed by atoms with Crippen LogP contribution in [-0.4, -0.2) is 23.6 Å². The summed E-state index contributed by atoms with van der Waals surface area (Å²) in [6.07, 6.45) is 3.19. The smallest absolute Gasteiger partial charge is 0.272 e. The van der Waals surface area contributed by atoms with E-state index in [0.29, 0.717) is 22.1 Å². The topological polar surface area (TPSA) is 116 Å². The molecule has 4 aromatic rings. The molecule has 0 saturated carbocycles. The second kappa shape index (κ2) is 12.8. The Morgan fingerprint density at radius 3 is 1.23 bits per heavy atom. The second-order valence-electron chi connectivity index (χ2n) is 8.91. The average Bonchev–Trinajstić information content (AvgIpc) is 2.93. The van der Waals surface area contributed by atoms with Crippen molar-refractivity contribution in [2.75, 3.05) is 10.6 Å². The summed E-state index contributed by atoms with van der Waals surface area (Å²) in [4.78, 5) is 50.0. The third-order valence-electron chi connectivity index (χ3n) is 5.75. The first kappa shape index (κ1) is 27.5. The molecule has 0 aliphatic heterocycles. The first-order valence-corrected chi connectivity index (χ1v) is 12.5. The van der Waals surface area contributed by atoms with Crippen molar-refractivity contribution in [2.24, 2.45) is 0 Å². The summed E-state index contributed by atoms with van der Waals surface area (Å²) in [7, 11) is 0. The van der Waals surface area contributed by atoms with Gasteiger partial charge in [-0.15, -0.1) is 0 Å². The maximum absolute atomic E-state index is 13.2. The fourth-order valence-electron chi connectivity index (χ4n) is 4.04. The Hall–Kier alpha value is -5.50. The zero-order valence-electron chi connectivity index (χ0n) is 22.0. The van der Waals surface area contributed by atoms with Crippen molar-refractivity contribution < 1.29 is 19.2 Å². The van der Waals surface area contributed by atoms with Crippen LogP contribution in [0.3, 0.4) is 0 Å². The SMILES string of the molecule is CC(=O)N/C(=C/c1ccccc1)C(=O)Nc1cccc2c(NC(=O)/C(=C\c3ccccc3)NC(C)=O)cccc12. The van der Waals surface area contributed by atoms with E-state index in [1.165, 1.54) is 13.8 Å². The van der Waals surface area contributed by atoms with E-state index in [-0.39, 0.29) is 23.2 Å². The van der Waals surface area contributed by atoms with E-state index in [1.54, 1.807) is 36.4 Å². The molecule has 4 rings (SSSR count). The molecule has 0 radical (unpaired) electrons. The van der Waals surface area contributed by atoms with Crippen LogP contribution in [0.4, 0.5) is 11.4 Å². The minimum absolute atomic E-state index is 0.0890. The van der Waals surface area contributed by atoms with Gasteiger partial charge in [0.05, 0.1) is 0 Å². The molecule has 0 heterocycles. The van der Waals surface area contributed by atoms with Crippen LogP contribution in [0.2, 0.25) is 0 Å². The van der Waals surface area contributed by atoms with Gasteiger partial charge in [0.1, 0.15) is 11.4 Å². The Labute approximate surface area is 231 Å². The van der Waals surface area contributed by atoms with Gasteiger partial charge in [-0.25, -0.2) is 0 Å². The summed E-state index contributed by atoms with van der Waals surface area (Å²) in [6.45, 7) is 2.67. The minimum Gasteiger partial charge on any atom is -0.322 e. The molecule has 0 aliphatic carbocycles. The van der Waals surface area contributed by atoms with Crippen LogP contribution in [0, 0.1) is 0 Å². The Kier molecular flexibility index (Phi) is 8.84. The zero-order valence-corrected chi connectivity index (χ0v) is 22.0. The number of hydrogen-bond acceptors (Lipinski definition) is 4. The predicted molar refractivity (Wildman–Crippen MR) is 158 cm³/mol. The largest absolute Gasteiger partial charge is 0.322 e. The molecule has 40 heavy (non-hydrogen) atoms. The maximum atomic E-state index is 13.2. The van der Waals surface area contributed by atoms with Crippen molar-refractivity contribution in [3.8, 4) is 0 Å². The number of carbonyl (C=O) groups excluding carboxylic acids is 4. The summed E-state index contributed by atoms with van der Waals surface area (Å²) in [5.74, 6) is -1.75. The highest BCUT2D eigenvalue weighted by atomic mass is 16.2. The molecule has 4 N–H and O–H groups in total. The van der Waals surface area contributed by atoms with Gasteiger partial charge >= 0.3 is 0 Å². The van der Waals surface area contributed by atoms with Gasteiger partial charge in [-0.1, -0.05) is 84.9 Å². The molecule has 0 unspecified atom stereocenters. The van der Waals surface area contributed by atoms with Crippen LogP contribution >= 0.6 is 0 Å². The fraction of sp³-hybridized carbons (Fsp3) is 0.0625. The third-order valence-corrected chi connectivity index (χ3v) is 5.75. The third kappa shape index (κ3) is 7.29. The van der Waals surface area contributed by atoms with Gasteiger partial charge in [-0.2, -0.15) is 0 Å². The van der Waals surface area contributed by atoms with Crippen LogP contribution in [0.1, 0.15) is 25.0 Å². The van der Waals surface area contributed by atoms with Crippen LogP contribution in [0.25, 0.3) is 22.9 Å². The number of hydrogen-bond donors (Lipinski definition) is 4. The van der Waals surface area contributed by atoms with E-state index in [0.717, 1.165) is 11.1 Å². The monoisotopic (exact) mass is 532 g/mol. The number of fused-ring (bicyclic) bond motifs is 1. The molecule has 0 bridgehead atoms. The summed E-state index contributed by atoms with van der Waals surface area (Å²) >= 11 is 0. The minimum atomic E-state index is -0.500. The lowest BCUT2D eigenvalue weighted by Gasteiger charge is -2.15. The molecule has 0 atom stereocenters. The number of carbonyl (C=O) groups is 4. The lowest BCUT2D eigenvalue weighted by atomic mass is 10.1. The molecular formula is C32H28N4O4. The molecule has 8 nitrogen and oxygen atoms in total. The summed E-state index contributed by atoms with van der Waals surface area (Å²) in [5, 5.41) is 12.3. The van der Waals surface area contributed by atoms with Crippen LogP contribution in [0.15, 0.2) is 108 Å². The van der Waals surface area contributed by atoms with E-state index < -0.39 is 11.8 Å². The quantitative estimate of drug-likeness (QED) is 0.237. The number of nitrogens with one attached hydrogen (secondary N) is 4. The molecular weight excluding hydrogens is 504 g/mol. The normalized spacial score (nSPS) is 11.4. The van der Waals surface area contributed by atoms with Crippen LogP contribution < -0.4 is 21.3 Å². The molecule has 0 saturated heterocycles. The lowest BCUT2D eigenvalue weighted by molar-refractivity contribution is -0.120. The highest BCUT2D eigenvalue weighted by Gasteiger charge is 2.16. The molecule has 0 spiro atoms. The number of anilines is 2. The summed E-state index contributed by atoms with van der Waals surface area (Å²) in [6, 6.07) is 28.9. The Morgan fingerprint density at radius 1 is 0.500 bits per heavy atom. The standard InChI is InChI=1S/C32H28N4O4/c1-21(37)33-29(19-23-11-5-3-6-12-23)31(39)35-27-17-9-16-26-25(27)15-10-18-28(26)36-32(40)30(34-22(2)38)20-24-13-7-4-8-14-24/h3-20H,1-2H3,(H,33,37)(H,34,38)(H,35,39)(H,36,40)/b29-19+,30-20+. The second-order valence-corrected chi connectivity index (χ2v) is 8.91. The zero-order chi connectivity index (χ0) is 28.5. The predicted octanol–water partition coefficient (Wildman–Crippen LogP) is 5.07. The molecule has 8 heteroatoms.